The van der Waals surface area contributed by atoms with E-state index in [0.29, 0.717) is 10.8 Å². The predicted molar refractivity (Wildman–Crippen MR) is 82.0 cm³/mol. The van der Waals surface area contributed by atoms with Gasteiger partial charge in [0.2, 0.25) is 0 Å². The van der Waals surface area contributed by atoms with Gasteiger partial charge in [0, 0.05) is 12.4 Å². The third kappa shape index (κ3) is 1.96. The van der Waals surface area contributed by atoms with E-state index in [1.54, 1.807) is 12.1 Å². The van der Waals surface area contributed by atoms with Gasteiger partial charge in [0.05, 0.1) is 4.90 Å². The highest BCUT2D eigenvalue weighted by molar-refractivity contribution is 7.90. The summed E-state index contributed by atoms with van der Waals surface area (Å²) in [5, 5.41) is 0. The summed E-state index contributed by atoms with van der Waals surface area (Å²) in [7, 11) is -3.45. The van der Waals surface area contributed by atoms with Crippen molar-refractivity contribution >= 4 is 10.0 Å². The zero-order valence-electron chi connectivity index (χ0n) is 12.1. The molecule has 1 fully saturated rings. The van der Waals surface area contributed by atoms with Crippen molar-refractivity contribution in [1.82, 2.24) is 3.97 Å². The van der Waals surface area contributed by atoms with Crippen LogP contribution in [0, 0.1) is 12.8 Å². The fourth-order valence-electron chi connectivity index (χ4n) is 3.93. The summed E-state index contributed by atoms with van der Waals surface area (Å²) in [6, 6.07) is 7.07. The van der Waals surface area contributed by atoms with Crippen molar-refractivity contribution < 1.29 is 8.42 Å². The summed E-state index contributed by atoms with van der Waals surface area (Å²) in [5.41, 5.74) is 3.58. The molecule has 0 aliphatic heterocycles. The Hall–Kier alpha value is -1.55. The second-order valence-corrected chi connectivity index (χ2v) is 8.23. The molecule has 0 bridgehead atoms. The first-order valence-corrected chi connectivity index (χ1v) is 9.03. The van der Waals surface area contributed by atoms with E-state index in [2.05, 4.69) is 0 Å². The van der Waals surface area contributed by atoms with Crippen LogP contribution < -0.4 is 0 Å². The number of aromatic nitrogens is 1. The molecule has 2 aromatic rings. The molecule has 4 rings (SSSR count). The summed E-state index contributed by atoms with van der Waals surface area (Å²) in [4.78, 5) is 0.366. The minimum absolute atomic E-state index is 0.366. The van der Waals surface area contributed by atoms with Gasteiger partial charge in [0.25, 0.3) is 10.0 Å². The van der Waals surface area contributed by atoms with Crippen LogP contribution in [0.4, 0.5) is 0 Å². The van der Waals surface area contributed by atoms with Crippen molar-refractivity contribution in [3.63, 3.8) is 0 Å². The molecule has 1 aromatic carbocycles. The Morgan fingerprint density at radius 2 is 1.86 bits per heavy atom. The van der Waals surface area contributed by atoms with Crippen LogP contribution in [0.3, 0.4) is 0 Å². The molecule has 0 saturated heterocycles. The number of hydrogen-bond donors (Lipinski definition) is 0. The first kappa shape index (κ1) is 13.1. The van der Waals surface area contributed by atoms with Crippen LogP contribution in [0.15, 0.2) is 41.6 Å². The second kappa shape index (κ2) is 4.47. The third-order valence-electron chi connectivity index (χ3n) is 5.06. The molecule has 3 nitrogen and oxygen atoms in total. The SMILES string of the molecule is Cc1ccc(S(=O)(=O)n2cc3c(c2)[C@@H]2CCC[C@@H]2C3)cc1. The number of aryl methyl sites for hydroxylation is 1. The third-order valence-corrected chi connectivity index (χ3v) is 6.69. The van der Waals surface area contributed by atoms with Crippen molar-refractivity contribution in [1.29, 1.82) is 0 Å². The zero-order chi connectivity index (χ0) is 14.6. The van der Waals surface area contributed by atoms with E-state index < -0.39 is 10.0 Å². The molecule has 0 amide bonds. The average Bonchev–Trinajstić information content (AvgIpc) is 3.10. The first-order chi connectivity index (χ1) is 10.1. The van der Waals surface area contributed by atoms with Crippen molar-refractivity contribution in [2.75, 3.05) is 0 Å². The summed E-state index contributed by atoms with van der Waals surface area (Å²) in [6.45, 7) is 1.96. The van der Waals surface area contributed by atoms with E-state index in [1.807, 2.05) is 31.5 Å². The maximum Gasteiger partial charge on any atom is 0.267 e. The molecule has 0 radical (unpaired) electrons. The summed E-state index contributed by atoms with van der Waals surface area (Å²) < 4.78 is 26.8. The molecule has 1 heterocycles. The maximum atomic E-state index is 12.7. The van der Waals surface area contributed by atoms with E-state index in [9.17, 15) is 8.42 Å². The Morgan fingerprint density at radius 1 is 1.10 bits per heavy atom. The molecule has 0 unspecified atom stereocenters. The van der Waals surface area contributed by atoms with Gasteiger partial charge in [-0.1, -0.05) is 24.1 Å². The van der Waals surface area contributed by atoms with Crippen LogP contribution in [0.5, 0.6) is 0 Å². The minimum atomic E-state index is -3.45. The van der Waals surface area contributed by atoms with Gasteiger partial charge in [-0.05, 0) is 61.3 Å². The Balaban J connectivity index is 1.74. The predicted octanol–water partition coefficient (Wildman–Crippen LogP) is 3.47. The molecule has 2 aliphatic carbocycles. The lowest BCUT2D eigenvalue weighted by molar-refractivity contribution is 0.523. The molecular formula is C17H19NO2S. The average molecular weight is 301 g/mol. The van der Waals surface area contributed by atoms with E-state index in [1.165, 1.54) is 34.4 Å². The van der Waals surface area contributed by atoms with Gasteiger partial charge in [0.15, 0.2) is 0 Å². The van der Waals surface area contributed by atoms with Gasteiger partial charge in [-0.25, -0.2) is 12.4 Å². The lowest BCUT2D eigenvalue weighted by Crippen LogP contribution is -2.12. The molecule has 2 atom stereocenters. The number of fused-ring (bicyclic) bond motifs is 3. The molecular weight excluding hydrogens is 282 g/mol. The van der Waals surface area contributed by atoms with Gasteiger partial charge < -0.3 is 0 Å². The van der Waals surface area contributed by atoms with Gasteiger partial charge in [-0.15, -0.1) is 0 Å². The highest BCUT2D eigenvalue weighted by Gasteiger charge is 2.37. The number of rotatable bonds is 2. The summed E-state index contributed by atoms with van der Waals surface area (Å²) in [5.74, 6) is 1.35. The van der Waals surface area contributed by atoms with Gasteiger partial charge in [-0.3, -0.25) is 0 Å². The lowest BCUT2D eigenvalue weighted by atomic mass is 9.98. The molecule has 4 heteroatoms. The summed E-state index contributed by atoms with van der Waals surface area (Å²) >= 11 is 0. The Bertz CT molecular complexity index is 787. The second-order valence-electron chi connectivity index (χ2n) is 6.39. The largest absolute Gasteiger partial charge is 0.267 e. The highest BCUT2D eigenvalue weighted by Crippen LogP contribution is 2.48. The van der Waals surface area contributed by atoms with Gasteiger partial charge in [0.1, 0.15) is 0 Å². The molecule has 0 N–H and O–H groups in total. The molecule has 21 heavy (non-hydrogen) atoms. The standard InChI is InChI=1S/C17H19NO2S/c1-12-5-7-15(8-6-12)21(19,20)18-10-14-9-13-3-2-4-16(13)17(14)11-18/h5-8,10-11,13,16H,2-4,9H2,1H3/t13-,16-/m1/s1. The minimum Gasteiger partial charge on any atom is -0.248 e. The summed E-state index contributed by atoms with van der Waals surface area (Å²) in [6.07, 6.45) is 8.54. The number of nitrogens with zero attached hydrogens (tertiary/aromatic N) is 1. The van der Waals surface area contributed by atoms with Crippen molar-refractivity contribution in [2.24, 2.45) is 5.92 Å². The molecule has 1 aromatic heterocycles. The lowest BCUT2D eigenvalue weighted by Gasteiger charge is -2.10. The normalized spacial score (nSPS) is 24.0. The van der Waals surface area contributed by atoms with E-state index in [-0.39, 0.29) is 0 Å². The van der Waals surface area contributed by atoms with Crippen LogP contribution in [-0.2, 0) is 16.4 Å². The van der Waals surface area contributed by atoms with Gasteiger partial charge >= 0.3 is 0 Å². The van der Waals surface area contributed by atoms with E-state index in [0.717, 1.165) is 17.9 Å². The van der Waals surface area contributed by atoms with E-state index >= 15 is 0 Å². The number of hydrogen-bond acceptors (Lipinski definition) is 2. The number of benzene rings is 1. The van der Waals surface area contributed by atoms with Crippen molar-refractivity contribution in [3.05, 3.63) is 53.3 Å². The van der Waals surface area contributed by atoms with Gasteiger partial charge in [-0.2, -0.15) is 0 Å². The van der Waals surface area contributed by atoms with Crippen LogP contribution >= 0.6 is 0 Å². The fraction of sp³-hybridized carbons (Fsp3) is 0.412. The Morgan fingerprint density at radius 3 is 2.62 bits per heavy atom. The fourth-order valence-corrected chi connectivity index (χ4v) is 5.18. The zero-order valence-corrected chi connectivity index (χ0v) is 12.9. The first-order valence-electron chi connectivity index (χ1n) is 7.59. The highest BCUT2D eigenvalue weighted by atomic mass is 32.2. The molecule has 2 aliphatic rings. The van der Waals surface area contributed by atoms with Crippen LogP contribution in [0.25, 0.3) is 0 Å². The maximum absolute atomic E-state index is 12.7. The van der Waals surface area contributed by atoms with Crippen LogP contribution in [-0.4, -0.2) is 12.4 Å². The topological polar surface area (TPSA) is 39.1 Å². The smallest absolute Gasteiger partial charge is 0.248 e. The molecule has 1 saturated carbocycles. The molecule has 0 spiro atoms. The van der Waals surface area contributed by atoms with Crippen LogP contribution in [0.1, 0.15) is 41.9 Å². The van der Waals surface area contributed by atoms with Crippen LogP contribution in [0.2, 0.25) is 0 Å². The monoisotopic (exact) mass is 301 g/mol. The molecule has 110 valence electrons. The Labute approximate surface area is 125 Å². The quantitative estimate of drug-likeness (QED) is 0.852. The Kier molecular flexibility index (Phi) is 2.80. The van der Waals surface area contributed by atoms with Crippen molar-refractivity contribution in [2.45, 2.75) is 43.4 Å². The van der Waals surface area contributed by atoms with Crippen molar-refractivity contribution in [3.8, 4) is 0 Å². The van der Waals surface area contributed by atoms with E-state index in [4.69, 9.17) is 0 Å².